The van der Waals surface area contributed by atoms with Crippen LogP contribution in [0.3, 0.4) is 0 Å². The Morgan fingerprint density at radius 3 is 2.83 bits per heavy atom. The molecule has 1 aromatic carbocycles. The molecule has 7 heteroatoms. The van der Waals surface area contributed by atoms with Gasteiger partial charge in [-0.1, -0.05) is 13.3 Å². The highest BCUT2D eigenvalue weighted by atomic mass is 16.5. The van der Waals surface area contributed by atoms with Crippen molar-refractivity contribution in [3.8, 4) is 5.75 Å². The monoisotopic (exact) mass is 403 g/mol. The Bertz CT molecular complexity index is 873. The number of hydrogen-bond acceptors (Lipinski definition) is 5. The van der Waals surface area contributed by atoms with E-state index in [4.69, 9.17) is 13.9 Å². The maximum Gasteiger partial charge on any atom is 0.336 e. The fraction of sp³-hybridized carbons (Fsp3) is 0.545. The summed E-state index contributed by atoms with van der Waals surface area (Å²) in [6, 6.07) is 6.96. The van der Waals surface area contributed by atoms with Gasteiger partial charge in [0.2, 0.25) is 0 Å². The number of quaternary nitrogens is 1. The van der Waals surface area contributed by atoms with Gasteiger partial charge in [-0.05, 0) is 37.5 Å². The van der Waals surface area contributed by atoms with Crippen LogP contribution < -0.4 is 20.6 Å². The van der Waals surface area contributed by atoms with Crippen LogP contribution in [0.2, 0.25) is 0 Å². The number of morpholine rings is 1. The van der Waals surface area contributed by atoms with E-state index in [2.05, 4.69) is 12.2 Å². The zero-order valence-corrected chi connectivity index (χ0v) is 17.3. The van der Waals surface area contributed by atoms with Crippen LogP contribution in [0.25, 0.3) is 11.0 Å². The van der Waals surface area contributed by atoms with E-state index in [0.29, 0.717) is 17.9 Å². The van der Waals surface area contributed by atoms with E-state index in [1.807, 2.05) is 12.1 Å². The van der Waals surface area contributed by atoms with Gasteiger partial charge in [0.1, 0.15) is 24.4 Å². The van der Waals surface area contributed by atoms with Crippen molar-refractivity contribution < 1.29 is 23.6 Å². The highest BCUT2D eigenvalue weighted by molar-refractivity contribution is 5.83. The minimum Gasteiger partial charge on any atom is -0.481 e. The molecule has 2 heterocycles. The SMILES string of the molecule is CCCCc1cc(=O)oc2cc(O[C@@H](C)C(=O)NCC[NH+]3CCOCC3)ccc12. The number of aryl methyl sites for hydroxylation is 1. The topological polar surface area (TPSA) is 82.2 Å². The summed E-state index contributed by atoms with van der Waals surface area (Å²) in [5.41, 5.74) is 1.11. The molecular formula is C22H31N2O5+. The van der Waals surface area contributed by atoms with E-state index >= 15 is 0 Å². The lowest BCUT2D eigenvalue weighted by Crippen LogP contribution is -3.14. The number of carbonyl (C=O) groups excluding carboxylic acids is 1. The summed E-state index contributed by atoms with van der Waals surface area (Å²) in [5.74, 6) is 0.352. The number of amides is 1. The third-order valence-electron chi connectivity index (χ3n) is 5.26. The second kappa shape index (κ2) is 10.4. The number of ether oxygens (including phenoxy) is 2. The lowest BCUT2D eigenvalue weighted by Gasteiger charge is -2.24. The van der Waals surface area contributed by atoms with Crippen LogP contribution >= 0.6 is 0 Å². The Labute approximate surface area is 171 Å². The predicted octanol–water partition coefficient (Wildman–Crippen LogP) is 0.934. The van der Waals surface area contributed by atoms with E-state index in [1.165, 1.54) is 4.90 Å². The quantitative estimate of drug-likeness (QED) is 0.609. The number of carbonyl (C=O) groups is 1. The molecule has 0 bridgehead atoms. The van der Waals surface area contributed by atoms with Gasteiger partial charge in [0.25, 0.3) is 5.91 Å². The molecule has 1 aromatic heterocycles. The van der Waals surface area contributed by atoms with Crippen LogP contribution in [0.5, 0.6) is 5.75 Å². The first kappa shape index (κ1) is 21.3. The van der Waals surface area contributed by atoms with E-state index in [-0.39, 0.29) is 11.5 Å². The normalized spacial score (nSPS) is 15.9. The lowest BCUT2D eigenvalue weighted by atomic mass is 10.0. The summed E-state index contributed by atoms with van der Waals surface area (Å²) in [4.78, 5) is 25.7. The second-order valence-electron chi connectivity index (χ2n) is 7.52. The van der Waals surface area contributed by atoms with Gasteiger partial charge in [-0.3, -0.25) is 4.79 Å². The van der Waals surface area contributed by atoms with Crippen molar-refractivity contribution in [1.29, 1.82) is 0 Å². The molecule has 1 saturated heterocycles. The van der Waals surface area contributed by atoms with Crippen molar-refractivity contribution in [3.05, 3.63) is 40.2 Å². The summed E-state index contributed by atoms with van der Waals surface area (Å²) < 4.78 is 16.5. The van der Waals surface area contributed by atoms with Crippen molar-refractivity contribution in [2.75, 3.05) is 39.4 Å². The van der Waals surface area contributed by atoms with Gasteiger partial charge in [0.15, 0.2) is 6.10 Å². The Kier molecular flexibility index (Phi) is 7.66. The predicted molar refractivity (Wildman–Crippen MR) is 111 cm³/mol. The van der Waals surface area contributed by atoms with Crippen LogP contribution in [-0.4, -0.2) is 51.4 Å². The number of benzene rings is 1. The highest BCUT2D eigenvalue weighted by Crippen LogP contribution is 2.24. The zero-order valence-electron chi connectivity index (χ0n) is 17.3. The molecule has 158 valence electrons. The number of fused-ring (bicyclic) bond motifs is 1. The van der Waals surface area contributed by atoms with Gasteiger partial charge in [-0.2, -0.15) is 0 Å². The van der Waals surface area contributed by atoms with Gasteiger partial charge in [0, 0.05) is 17.5 Å². The molecule has 0 unspecified atom stereocenters. The average molecular weight is 403 g/mol. The van der Waals surface area contributed by atoms with Crippen LogP contribution in [-0.2, 0) is 16.0 Å². The van der Waals surface area contributed by atoms with E-state index in [0.717, 1.165) is 63.1 Å². The highest BCUT2D eigenvalue weighted by Gasteiger charge is 2.17. The van der Waals surface area contributed by atoms with Gasteiger partial charge in [-0.15, -0.1) is 0 Å². The van der Waals surface area contributed by atoms with E-state index in [9.17, 15) is 9.59 Å². The molecule has 0 radical (unpaired) electrons. The van der Waals surface area contributed by atoms with Crippen molar-refractivity contribution in [2.24, 2.45) is 0 Å². The molecule has 1 atom stereocenters. The number of hydrogen-bond donors (Lipinski definition) is 2. The molecule has 0 spiro atoms. The van der Waals surface area contributed by atoms with Crippen LogP contribution in [0.1, 0.15) is 32.3 Å². The first-order valence-corrected chi connectivity index (χ1v) is 10.5. The van der Waals surface area contributed by atoms with E-state index < -0.39 is 6.10 Å². The molecule has 0 saturated carbocycles. The minimum absolute atomic E-state index is 0.157. The average Bonchev–Trinajstić information content (AvgIpc) is 2.72. The van der Waals surface area contributed by atoms with E-state index in [1.54, 1.807) is 19.1 Å². The molecule has 29 heavy (non-hydrogen) atoms. The molecule has 1 fully saturated rings. The molecule has 2 N–H and O–H groups in total. The van der Waals surface area contributed by atoms with Crippen molar-refractivity contribution >= 4 is 16.9 Å². The smallest absolute Gasteiger partial charge is 0.336 e. The maximum atomic E-state index is 12.3. The lowest BCUT2D eigenvalue weighted by molar-refractivity contribution is -0.906. The zero-order chi connectivity index (χ0) is 20.6. The third kappa shape index (κ3) is 6.05. The van der Waals surface area contributed by atoms with Crippen LogP contribution in [0.4, 0.5) is 0 Å². The fourth-order valence-electron chi connectivity index (χ4n) is 3.53. The standard InChI is InChI=1S/C22H30N2O5/c1-3-4-5-17-14-21(25)29-20-15-18(6-7-19(17)20)28-16(2)22(26)23-8-9-24-10-12-27-13-11-24/h6-7,14-16H,3-5,8-13H2,1-2H3,(H,23,26)/p+1/t16-/m0/s1. The molecular weight excluding hydrogens is 372 g/mol. The first-order valence-electron chi connectivity index (χ1n) is 10.5. The van der Waals surface area contributed by atoms with Gasteiger partial charge in [0.05, 0.1) is 26.3 Å². The number of unbranched alkanes of at least 4 members (excludes halogenated alkanes) is 1. The molecule has 0 aliphatic carbocycles. The second-order valence-corrected chi connectivity index (χ2v) is 7.52. The molecule has 1 amide bonds. The Morgan fingerprint density at radius 2 is 2.07 bits per heavy atom. The summed E-state index contributed by atoms with van der Waals surface area (Å²) in [5, 5.41) is 3.84. The molecule has 3 rings (SSSR count). The summed E-state index contributed by atoms with van der Waals surface area (Å²) in [7, 11) is 0. The maximum absolute atomic E-state index is 12.3. The van der Waals surface area contributed by atoms with Gasteiger partial charge >= 0.3 is 5.63 Å². The fourth-order valence-corrected chi connectivity index (χ4v) is 3.53. The molecule has 2 aromatic rings. The molecule has 1 aliphatic rings. The van der Waals surface area contributed by atoms with Gasteiger partial charge < -0.3 is 24.1 Å². The first-order chi connectivity index (χ1) is 14.1. The number of rotatable bonds is 9. The van der Waals surface area contributed by atoms with Crippen molar-refractivity contribution in [3.63, 3.8) is 0 Å². The summed E-state index contributed by atoms with van der Waals surface area (Å²) in [6.07, 6.45) is 2.27. The van der Waals surface area contributed by atoms with Crippen molar-refractivity contribution in [2.45, 2.75) is 39.2 Å². The minimum atomic E-state index is -0.637. The number of nitrogens with one attached hydrogen (secondary N) is 2. The largest absolute Gasteiger partial charge is 0.481 e. The van der Waals surface area contributed by atoms with Gasteiger partial charge in [-0.25, -0.2) is 4.79 Å². The molecule has 7 nitrogen and oxygen atoms in total. The summed E-state index contributed by atoms with van der Waals surface area (Å²) >= 11 is 0. The summed E-state index contributed by atoms with van der Waals surface area (Å²) in [6.45, 7) is 8.83. The van der Waals surface area contributed by atoms with Crippen molar-refractivity contribution in [1.82, 2.24) is 5.32 Å². The van der Waals surface area contributed by atoms with Crippen LogP contribution in [0.15, 0.2) is 33.5 Å². The Hall–Kier alpha value is -2.38. The third-order valence-corrected chi connectivity index (χ3v) is 5.26. The Morgan fingerprint density at radius 1 is 1.28 bits per heavy atom. The van der Waals surface area contributed by atoms with Crippen LogP contribution in [0, 0.1) is 0 Å². The Balaban J connectivity index is 1.58. The molecule has 1 aliphatic heterocycles.